The van der Waals surface area contributed by atoms with Gasteiger partial charge >= 0.3 is 0 Å². The van der Waals surface area contributed by atoms with Crippen LogP contribution in [0.5, 0.6) is 0 Å². The van der Waals surface area contributed by atoms with Crippen molar-refractivity contribution < 1.29 is 4.74 Å². The van der Waals surface area contributed by atoms with Gasteiger partial charge in [0, 0.05) is 6.61 Å². The van der Waals surface area contributed by atoms with Gasteiger partial charge in [-0.25, -0.2) is 0 Å². The molecule has 1 aromatic carbocycles. The lowest BCUT2D eigenvalue weighted by atomic mass is 9.79. The first-order valence-electron chi connectivity index (χ1n) is 7.70. The molecule has 0 saturated carbocycles. The number of ether oxygens (including phenoxy) is 1. The molecule has 19 heavy (non-hydrogen) atoms. The number of benzene rings is 1. The number of nitrogens with two attached hydrogens (primary N) is 1. The van der Waals surface area contributed by atoms with Gasteiger partial charge in [-0.3, -0.25) is 0 Å². The monoisotopic (exact) mass is 261 g/mol. The largest absolute Gasteiger partial charge is 0.376 e. The average Bonchev–Trinajstić information content (AvgIpc) is 2.44. The van der Waals surface area contributed by atoms with Gasteiger partial charge in [0.05, 0.1) is 12.1 Å². The zero-order valence-corrected chi connectivity index (χ0v) is 12.3. The van der Waals surface area contributed by atoms with Gasteiger partial charge in [0.15, 0.2) is 0 Å². The summed E-state index contributed by atoms with van der Waals surface area (Å²) in [4.78, 5) is 0. The summed E-state index contributed by atoms with van der Waals surface area (Å²) in [6, 6.07) is 8.59. The molecule has 1 aliphatic rings. The highest BCUT2D eigenvalue weighted by atomic mass is 16.5. The number of hydrogen-bond acceptors (Lipinski definition) is 2. The van der Waals surface area contributed by atoms with Gasteiger partial charge in [-0.2, -0.15) is 0 Å². The van der Waals surface area contributed by atoms with Crippen LogP contribution in [0.1, 0.15) is 69.0 Å². The van der Waals surface area contributed by atoms with Gasteiger partial charge in [-0.1, -0.05) is 57.4 Å². The van der Waals surface area contributed by atoms with Gasteiger partial charge in [0.25, 0.3) is 0 Å². The lowest BCUT2D eigenvalue weighted by Crippen LogP contribution is -2.35. The number of fused-ring (bicyclic) bond motifs is 1. The fraction of sp³-hybridized carbons (Fsp3) is 0.647. The molecule has 0 fully saturated rings. The summed E-state index contributed by atoms with van der Waals surface area (Å²) in [5, 5.41) is 0. The molecule has 2 nitrogen and oxygen atoms in total. The van der Waals surface area contributed by atoms with E-state index in [1.165, 1.54) is 30.4 Å². The third-order valence-corrected chi connectivity index (χ3v) is 4.20. The van der Waals surface area contributed by atoms with Gasteiger partial charge < -0.3 is 10.5 Å². The molecule has 0 amide bonds. The van der Waals surface area contributed by atoms with Crippen LogP contribution in [-0.4, -0.2) is 12.7 Å². The minimum atomic E-state index is 0.0403. The minimum Gasteiger partial charge on any atom is -0.376 e. The van der Waals surface area contributed by atoms with E-state index in [-0.39, 0.29) is 12.1 Å². The maximum atomic E-state index is 6.37. The summed E-state index contributed by atoms with van der Waals surface area (Å²) in [5.41, 5.74) is 9.05. The van der Waals surface area contributed by atoms with Gasteiger partial charge in [0.1, 0.15) is 0 Å². The maximum absolute atomic E-state index is 6.37. The fourth-order valence-corrected chi connectivity index (χ4v) is 3.02. The van der Waals surface area contributed by atoms with E-state index in [1.54, 1.807) is 0 Å². The quantitative estimate of drug-likeness (QED) is 0.780. The normalized spacial score (nSPS) is 26.2. The van der Waals surface area contributed by atoms with Crippen molar-refractivity contribution in [1.29, 1.82) is 0 Å². The molecule has 0 aliphatic heterocycles. The second-order valence-corrected chi connectivity index (χ2v) is 5.76. The molecule has 2 N–H and O–H groups in total. The molecule has 3 unspecified atom stereocenters. The number of rotatable bonds is 6. The van der Waals surface area contributed by atoms with Crippen molar-refractivity contribution in [3.63, 3.8) is 0 Å². The Morgan fingerprint density at radius 2 is 1.89 bits per heavy atom. The third-order valence-electron chi connectivity index (χ3n) is 4.20. The molecule has 1 aliphatic carbocycles. The van der Waals surface area contributed by atoms with Crippen LogP contribution in [-0.2, 0) is 4.74 Å². The summed E-state index contributed by atoms with van der Waals surface area (Å²) >= 11 is 0. The van der Waals surface area contributed by atoms with Gasteiger partial charge in [0.2, 0.25) is 0 Å². The van der Waals surface area contributed by atoms with Crippen molar-refractivity contribution in [2.75, 3.05) is 6.61 Å². The molecular weight excluding hydrogens is 234 g/mol. The Morgan fingerprint density at radius 1 is 1.16 bits per heavy atom. The average molecular weight is 261 g/mol. The van der Waals surface area contributed by atoms with Crippen LogP contribution in [0.4, 0.5) is 0 Å². The molecule has 0 aromatic heterocycles. The van der Waals surface area contributed by atoms with E-state index in [0.717, 1.165) is 19.4 Å². The first-order chi connectivity index (χ1) is 9.24. The molecular formula is C17H27NO. The second kappa shape index (κ2) is 7.06. The molecule has 2 heteroatoms. The molecule has 0 bridgehead atoms. The third kappa shape index (κ3) is 3.58. The van der Waals surface area contributed by atoms with E-state index < -0.39 is 0 Å². The first kappa shape index (κ1) is 14.5. The standard InChI is InChI=1S/C17H27NO/c1-3-4-5-8-11-19-16-12-13(2)14-9-6-7-10-15(14)17(16)18/h6-7,9-10,13,16-17H,3-5,8,11-12,18H2,1-2H3. The van der Waals surface area contributed by atoms with Crippen molar-refractivity contribution in [3.05, 3.63) is 35.4 Å². The number of hydrogen-bond donors (Lipinski definition) is 1. The fourth-order valence-electron chi connectivity index (χ4n) is 3.02. The molecule has 0 saturated heterocycles. The summed E-state index contributed by atoms with van der Waals surface area (Å²) in [5.74, 6) is 0.552. The van der Waals surface area contributed by atoms with Crippen molar-refractivity contribution in [2.24, 2.45) is 5.73 Å². The smallest absolute Gasteiger partial charge is 0.0773 e. The Kier molecular flexibility index (Phi) is 5.41. The molecule has 1 aromatic rings. The summed E-state index contributed by atoms with van der Waals surface area (Å²) < 4.78 is 6.04. The van der Waals surface area contributed by atoms with Crippen LogP contribution in [0.2, 0.25) is 0 Å². The second-order valence-electron chi connectivity index (χ2n) is 5.76. The van der Waals surface area contributed by atoms with E-state index in [4.69, 9.17) is 10.5 Å². The summed E-state index contributed by atoms with van der Waals surface area (Å²) in [6.07, 6.45) is 6.24. The van der Waals surface area contributed by atoms with Crippen molar-refractivity contribution in [3.8, 4) is 0 Å². The molecule has 0 radical (unpaired) electrons. The van der Waals surface area contributed by atoms with Crippen molar-refractivity contribution >= 4 is 0 Å². The van der Waals surface area contributed by atoms with Crippen LogP contribution in [0.25, 0.3) is 0 Å². The summed E-state index contributed by atoms with van der Waals surface area (Å²) in [6.45, 7) is 5.36. The zero-order chi connectivity index (χ0) is 13.7. The maximum Gasteiger partial charge on any atom is 0.0773 e. The Hall–Kier alpha value is -0.860. The van der Waals surface area contributed by atoms with Crippen LogP contribution in [0, 0.1) is 0 Å². The Balaban J connectivity index is 1.90. The number of unbranched alkanes of at least 4 members (excludes halogenated alkanes) is 3. The Bertz CT molecular complexity index is 391. The topological polar surface area (TPSA) is 35.2 Å². The highest BCUT2D eigenvalue weighted by molar-refractivity contribution is 5.35. The predicted octanol–water partition coefficient (Wildman–Crippen LogP) is 4.16. The molecule has 3 atom stereocenters. The van der Waals surface area contributed by atoms with E-state index in [9.17, 15) is 0 Å². The summed E-state index contributed by atoms with van der Waals surface area (Å²) in [7, 11) is 0. The van der Waals surface area contributed by atoms with E-state index in [2.05, 4.69) is 38.1 Å². The molecule has 106 valence electrons. The highest BCUT2D eigenvalue weighted by Gasteiger charge is 2.30. The molecule has 0 heterocycles. The van der Waals surface area contributed by atoms with Crippen LogP contribution < -0.4 is 5.73 Å². The van der Waals surface area contributed by atoms with E-state index in [1.807, 2.05) is 0 Å². The van der Waals surface area contributed by atoms with Gasteiger partial charge in [-0.05, 0) is 29.9 Å². The van der Waals surface area contributed by atoms with E-state index in [0.29, 0.717) is 5.92 Å². The lowest BCUT2D eigenvalue weighted by Gasteiger charge is -2.34. The zero-order valence-electron chi connectivity index (χ0n) is 12.3. The van der Waals surface area contributed by atoms with Crippen LogP contribution in [0.15, 0.2) is 24.3 Å². The lowest BCUT2D eigenvalue weighted by molar-refractivity contribution is 0.0182. The first-order valence-corrected chi connectivity index (χ1v) is 7.70. The highest BCUT2D eigenvalue weighted by Crippen LogP contribution is 2.37. The van der Waals surface area contributed by atoms with Crippen molar-refractivity contribution in [2.45, 2.75) is 64.0 Å². The Morgan fingerprint density at radius 3 is 2.63 bits per heavy atom. The van der Waals surface area contributed by atoms with Crippen LogP contribution in [0.3, 0.4) is 0 Å². The van der Waals surface area contributed by atoms with E-state index >= 15 is 0 Å². The van der Waals surface area contributed by atoms with Crippen molar-refractivity contribution in [1.82, 2.24) is 0 Å². The van der Waals surface area contributed by atoms with Crippen LogP contribution >= 0.6 is 0 Å². The van der Waals surface area contributed by atoms with Gasteiger partial charge in [-0.15, -0.1) is 0 Å². The molecule has 0 spiro atoms. The predicted molar refractivity (Wildman–Crippen MR) is 80.3 cm³/mol. The molecule has 2 rings (SSSR count). The Labute approximate surface area is 117 Å². The minimum absolute atomic E-state index is 0.0403. The SMILES string of the molecule is CCCCCCOC1CC(C)c2ccccc2C1N.